The molecule has 4 rings (SSSR count). The highest BCUT2D eigenvalue weighted by Gasteiger charge is 2.16. The summed E-state index contributed by atoms with van der Waals surface area (Å²) >= 11 is 0. The van der Waals surface area contributed by atoms with Gasteiger partial charge in [0.15, 0.2) is 11.5 Å². The maximum Gasteiger partial charge on any atom is 0.336 e. The molecule has 5 heteroatoms. The lowest BCUT2D eigenvalue weighted by Crippen LogP contribution is -2.18. The number of ether oxygens (including phenoxy) is 2. The molecule has 0 bridgehead atoms. The Balaban J connectivity index is 1.60. The lowest BCUT2D eigenvalue weighted by molar-refractivity contribution is 0.316. The Bertz CT molecular complexity index is 1070. The van der Waals surface area contributed by atoms with Gasteiger partial charge in [-0.1, -0.05) is 6.07 Å². The third-order valence-corrected chi connectivity index (χ3v) is 5.38. The second-order valence-electron chi connectivity index (χ2n) is 7.42. The first-order chi connectivity index (χ1) is 13.6. The molecule has 0 radical (unpaired) electrons. The Hall–Kier alpha value is -2.79. The van der Waals surface area contributed by atoms with Crippen molar-refractivity contribution in [3.63, 3.8) is 0 Å². The van der Waals surface area contributed by atoms with Crippen molar-refractivity contribution in [2.24, 2.45) is 0 Å². The predicted octanol–water partition coefficient (Wildman–Crippen LogP) is 3.93. The topological polar surface area (TPSA) is 51.9 Å². The van der Waals surface area contributed by atoms with E-state index in [2.05, 4.69) is 17.0 Å². The van der Waals surface area contributed by atoms with Gasteiger partial charge in [-0.2, -0.15) is 0 Å². The summed E-state index contributed by atoms with van der Waals surface area (Å²) in [6.45, 7) is 1.39. The molecule has 146 valence electrons. The summed E-state index contributed by atoms with van der Waals surface area (Å²) in [6, 6.07) is 11.8. The van der Waals surface area contributed by atoms with E-state index in [0.29, 0.717) is 12.1 Å². The predicted molar refractivity (Wildman–Crippen MR) is 109 cm³/mol. The van der Waals surface area contributed by atoms with Gasteiger partial charge in [0, 0.05) is 24.5 Å². The Morgan fingerprint density at radius 3 is 2.46 bits per heavy atom. The number of methoxy groups -OCH3 is 2. The second-order valence-corrected chi connectivity index (χ2v) is 7.42. The van der Waals surface area contributed by atoms with Gasteiger partial charge in [-0.25, -0.2) is 4.79 Å². The Morgan fingerprint density at radius 2 is 1.71 bits per heavy atom. The number of fused-ring (bicyclic) bond motifs is 2. The number of benzene rings is 2. The van der Waals surface area contributed by atoms with E-state index in [4.69, 9.17) is 13.9 Å². The molecule has 1 heterocycles. The summed E-state index contributed by atoms with van der Waals surface area (Å²) in [7, 11) is 5.32. The molecule has 3 aromatic rings. The Kier molecular flexibility index (Phi) is 5.09. The fourth-order valence-corrected chi connectivity index (χ4v) is 4.06. The van der Waals surface area contributed by atoms with Gasteiger partial charge in [0.1, 0.15) is 5.58 Å². The fraction of sp³-hybridized carbons (Fsp3) is 0.348. The second kappa shape index (κ2) is 7.68. The summed E-state index contributed by atoms with van der Waals surface area (Å²) in [5.41, 5.74) is 5.22. The van der Waals surface area contributed by atoms with Crippen LogP contribution in [0, 0.1) is 0 Å². The van der Waals surface area contributed by atoms with Crippen molar-refractivity contribution >= 4 is 11.0 Å². The zero-order chi connectivity index (χ0) is 19.7. The molecule has 0 unspecified atom stereocenters. The van der Waals surface area contributed by atoms with Crippen LogP contribution < -0.4 is 15.1 Å². The van der Waals surface area contributed by atoms with Crippen molar-refractivity contribution in [3.05, 3.63) is 69.1 Å². The van der Waals surface area contributed by atoms with Crippen molar-refractivity contribution < 1.29 is 13.9 Å². The normalized spacial score (nSPS) is 13.1. The van der Waals surface area contributed by atoms with E-state index >= 15 is 0 Å². The molecule has 5 nitrogen and oxygen atoms in total. The van der Waals surface area contributed by atoms with Crippen molar-refractivity contribution in [2.45, 2.75) is 32.4 Å². The van der Waals surface area contributed by atoms with Crippen molar-refractivity contribution in [2.75, 3.05) is 21.3 Å². The van der Waals surface area contributed by atoms with Crippen LogP contribution in [0.2, 0.25) is 0 Å². The summed E-state index contributed by atoms with van der Waals surface area (Å²) in [6.07, 6.45) is 3.34. The zero-order valence-corrected chi connectivity index (χ0v) is 16.6. The van der Waals surface area contributed by atoms with Gasteiger partial charge >= 0.3 is 5.63 Å². The van der Waals surface area contributed by atoms with Gasteiger partial charge in [0.2, 0.25) is 0 Å². The Labute approximate surface area is 164 Å². The molecule has 0 atom stereocenters. The van der Waals surface area contributed by atoms with E-state index in [9.17, 15) is 4.79 Å². The van der Waals surface area contributed by atoms with Gasteiger partial charge < -0.3 is 13.9 Å². The molecule has 1 aromatic heterocycles. The van der Waals surface area contributed by atoms with Crippen LogP contribution in [0.4, 0.5) is 0 Å². The third-order valence-electron chi connectivity index (χ3n) is 5.38. The minimum atomic E-state index is -0.292. The van der Waals surface area contributed by atoms with Crippen molar-refractivity contribution in [1.29, 1.82) is 0 Å². The van der Waals surface area contributed by atoms with Crippen LogP contribution in [0.5, 0.6) is 11.5 Å². The first kappa shape index (κ1) is 18.6. The van der Waals surface area contributed by atoms with Gasteiger partial charge in [0.25, 0.3) is 0 Å². The van der Waals surface area contributed by atoms with Crippen LogP contribution >= 0.6 is 0 Å². The lowest BCUT2D eigenvalue weighted by Gasteiger charge is -2.19. The molecule has 1 aliphatic carbocycles. The van der Waals surface area contributed by atoms with Gasteiger partial charge in [-0.15, -0.1) is 0 Å². The highest BCUT2D eigenvalue weighted by atomic mass is 16.5. The largest absolute Gasteiger partial charge is 0.493 e. The van der Waals surface area contributed by atoms with E-state index in [-0.39, 0.29) is 5.63 Å². The molecule has 1 aliphatic rings. The molecule has 0 saturated heterocycles. The van der Waals surface area contributed by atoms with Crippen molar-refractivity contribution in [3.8, 4) is 11.5 Å². The molecular formula is C23H25NO4. The average Bonchev–Trinajstić information content (AvgIpc) is 3.13. The monoisotopic (exact) mass is 379 g/mol. The van der Waals surface area contributed by atoms with Crippen LogP contribution in [-0.2, 0) is 25.9 Å². The fourth-order valence-electron chi connectivity index (χ4n) is 4.06. The van der Waals surface area contributed by atoms with Crippen LogP contribution in [0.1, 0.15) is 28.7 Å². The van der Waals surface area contributed by atoms with E-state index in [1.165, 1.54) is 17.5 Å². The molecule has 28 heavy (non-hydrogen) atoms. The zero-order valence-electron chi connectivity index (χ0n) is 16.6. The lowest BCUT2D eigenvalue weighted by atomic mass is 10.0. The standard InChI is InChI=1S/C23H25NO4/c1-24(13-15-7-8-20(26-2)22(9-15)27-3)14-18-12-23(25)28-21-11-17-6-4-5-16(17)10-19(18)21/h7-12H,4-6,13-14H2,1-3H3. The maximum absolute atomic E-state index is 12.1. The molecule has 0 aliphatic heterocycles. The van der Waals surface area contributed by atoms with E-state index in [1.807, 2.05) is 25.2 Å². The first-order valence-corrected chi connectivity index (χ1v) is 9.55. The van der Waals surface area contributed by atoms with Gasteiger partial charge in [-0.05, 0) is 72.8 Å². The van der Waals surface area contributed by atoms with E-state index < -0.39 is 0 Å². The van der Waals surface area contributed by atoms with Crippen LogP contribution in [-0.4, -0.2) is 26.2 Å². The minimum absolute atomic E-state index is 0.292. The quantitative estimate of drug-likeness (QED) is 0.608. The first-order valence-electron chi connectivity index (χ1n) is 9.55. The highest BCUT2D eigenvalue weighted by Crippen LogP contribution is 2.30. The molecule has 0 spiro atoms. The third kappa shape index (κ3) is 3.62. The highest BCUT2D eigenvalue weighted by molar-refractivity contribution is 5.82. The van der Waals surface area contributed by atoms with Gasteiger partial charge in [-0.3, -0.25) is 4.90 Å². The van der Waals surface area contributed by atoms with Crippen LogP contribution in [0.15, 0.2) is 45.6 Å². The molecule has 0 N–H and O–H groups in total. The van der Waals surface area contributed by atoms with E-state index in [1.54, 1.807) is 20.3 Å². The molecular weight excluding hydrogens is 354 g/mol. The molecule has 2 aromatic carbocycles. The summed E-state index contributed by atoms with van der Waals surface area (Å²) in [5, 5.41) is 1.04. The van der Waals surface area contributed by atoms with Crippen LogP contribution in [0.25, 0.3) is 11.0 Å². The maximum atomic E-state index is 12.1. The summed E-state index contributed by atoms with van der Waals surface area (Å²) in [5.74, 6) is 1.43. The average molecular weight is 379 g/mol. The summed E-state index contributed by atoms with van der Waals surface area (Å²) < 4.78 is 16.2. The Morgan fingerprint density at radius 1 is 0.964 bits per heavy atom. The number of rotatable bonds is 6. The smallest absolute Gasteiger partial charge is 0.336 e. The van der Waals surface area contributed by atoms with Crippen LogP contribution in [0.3, 0.4) is 0 Å². The number of aryl methyl sites for hydroxylation is 2. The van der Waals surface area contributed by atoms with E-state index in [0.717, 1.165) is 47.4 Å². The molecule has 0 amide bonds. The number of hydrogen-bond donors (Lipinski definition) is 0. The summed E-state index contributed by atoms with van der Waals surface area (Å²) in [4.78, 5) is 14.3. The van der Waals surface area contributed by atoms with Gasteiger partial charge in [0.05, 0.1) is 14.2 Å². The number of nitrogens with zero attached hydrogens (tertiary/aromatic N) is 1. The van der Waals surface area contributed by atoms with Crippen molar-refractivity contribution in [1.82, 2.24) is 4.90 Å². The minimum Gasteiger partial charge on any atom is -0.493 e. The molecule has 0 saturated carbocycles. The SMILES string of the molecule is COc1ccc(CN(C)Cc2cc(=O)oc3cc4c(cc23)CCC4)cc1OC. The number of hydrogen-bond acceptors (Lipinski definition) is 5. The molecule has 0 fully saturated rings.